The van der Waals surface area contributed by atoms with Gasteiger partial charge in [0, 0.05) is 18.3 Å². The van der Waals surface area contributed by atoms with Crippen molar-refractivity contribution in [2.75, 3.05) is 0 Å². The van der Waals surface area contributed by atoms with E-state index in [0.717, 1.165) is 18.3 Å². The second kappa shape index (κ2) is 4.57. The predicted molar refractivity (Wildman–Crippen MR) is 82.7 cm³/mol. The first-order valence-electron chi connectivity index (χ1n) is 9.15. The van der Waals surface area contributed by atoms with Gasteiger partial charge in [0.2, 0.25) is 0 Å². The second-order valence-corrected chi connectivity index (χ2v) is 9.06. The van der Waals surface area contributed by atoms with Crippen molar-refractivity contribution in [3.63, 3.8) is 0 Å². The molecule has 0 radical (unpaired) electrons. The lowest BCUT2D eigenvalue weighted by Gasteiger charge is -2.61. The van der Waals surface area contributed by atoms with Gasteiger partial charge in [0.15, 0.2) is 0 Å². The maximum atomic E-state index is 11.9. The van der Waals surface area contributed by atoms with Crippen molar-refractivity contribution in [1.29, 1.82) is 0 Å². The number of aliphatic hydroxyl groups excluding tert-OH is 1. The fourth-order valence-electron chi connectivity index (χ4n) is 7.10. The highest BCUT2D eigenvalue weighted by Crippen LogP contribution is 2.65. The summed E-state index contributed by atoms with van der Waals surface area (Å²) in [6.45, 7) is 4.85. The quantitative estimate of drug-likeness (QED) is 0.733. The van der Waals surface area contributed by atoms with E-state index in [1.165, 1.54) is 44.9 Å². The van der Waals surface area contributed by atoms with Gasteiger partial charge in [-0.25, -0.2) is 0 Å². The molecule has 7 atom stereocenters. The Morgan fingerprint density at radius 2 is 1.81 bits per heavy atom. The van der Waals surface area contributed by atoms with Gasteiger partial charge in [0.25, 0.3) is 0 Å². The lowest BCUT2D eigenvalue weighted by Crippen LogP contribution is -2.58. The number of carbonyl (C=O) groups is 1. The van der Waals surface area contributed by atoms with Gasteiger partial charge in [-0.2, -0.15) is 0 Å². The van der Waals surface area contributed by atoms with E-state index in [2.05, 4.69) is 13.8 Å². The van der Waals surface area contributed by atoms with Crippen LogP contribution >= 0.6 is 0 Å². The number of hydrogen-bond donors (Lipinski definition) is 1. The van der Waals surface area contributed by atoms with Crippen molar-refractivity contribution < 1.29 is 9.90 Å². The van der Waals surface area contributed by atoms with Gasteiger partial charge in [-0.05, 0) is 67.6 Å². The Morgan fingerprint density at radius 3 is 2.62 bits per heavy atom. The lowest BCUT2D eigenvalue weighted by molar-refractivity contribution is -0.168. The van der Waals surface area contributed by atoms with Gasteiger partial charge in [-0.15, -0.1) is 0 Å². The first-order valence-corrected chi connectivity index (χ1v) is 9.15. The van der Waals surface area contributed by atoms with Crippen LogP contribution in [0, 0.1) is 34.5 Å². The molecule has 0 aromatic rings. The second-order valence-electron chi connectivity index (χ2n) is 9.06. The summed E-state index contributed by atoms with van der Waals surface area (Å²) in [6, 6.07) is 0. The minimum Gasteiger partial charge on any atom is -0.392 e. The van der Waals surface area contributed by atoms with Crippen LogP contribution in [0.25, 0.3) is 0 Å². The number of aliphatic hydroxyl groups is 1. The van der Waals surface area contributed by atoms with Gasteiger partial charge < -0.3 is 5.11 Å². The van der Waals surface area contributed by atoms with Crippen molar-refractivity contribution in [2.45, 2.75) is 77.7 Å². The summed E-state index contributed by atoms with van der Waals surface area (Å²) in [7, 11) is 0. The van der Waals surface area contributed by atoms with Crippen molar-refractivity contribution in [1.82, 2.24) is 0 Å². The maximum Gasteiger partial charge on any atom is 0.135 e. The molecular formula is C19H30O2. The zero-order chi connectivity index (χ0) is 14.8. The molecule has 21 heavy (non-hydrogen) atoms. The normalized spacial score (nSPS) is 56.5. The zero-order valence-corrected chi connectivity index (χ0v) is 13.6. The van der Waals surface area contributed by atoms with Crippen LogP contribution in [0.15, 0.2) is 0 Å². The SMILES string of the molecule is C[C@@]12CCC[C@H]1[C@@H]1CCC3CC(=O)CC(O)[C@]3(C)[C@H]1CC2. The van der Waals surface area contributed by atoms with E-state index in [9.17, 15) is 9.90 Å². The van der Waals surface area contributed by atoms with Gasteiger partial charge in [0.05, 0.1) is 6.10 Å². The molecule has 0 heterocycles. The molecule has 2 unspecified atom stereocenters. The number of Topliss-reactive ketones (excluding diaryl/α,β-unsaturated/α-hetero) is 1. The molecule has 4 fully saturated rings. The molecule has 4 rings (SSSR count). The van der Waals surface area contributed by atoms with Crippen LogP contribution in [0.5, 0.6) is 0 Å². The van der Waals surface area contributed by atoms with Crippen molar-refractivity contribution in [2.24, 2.45) is 34.5 Å². The van der Waals surface area contributed by atoms with Crippen LogP contribution in [0.2, 0.25) is 0 Å². The summed E-state index contributed by atoms with van der Waals surface area (Å²) in [5.74, 6) is 3.11. The first-order chi connectivity index (χ1) is 9.95. The van der Waals surface area contributed by atoms with Gasteiger partial charge in [-0.1, -0.05) is 20.3 Å². The van der Waals surface area contributed by atoms with Gasteiger partial charge >= 0.3 is 0 Å². The third-order valence-corrected chi connectivity index (χ3v) is 8.36. The number of rotatable bonds is 0. The largest absolute Gasteiger partial charge is 0.392 e. The van der Waals surface area contributed by atoms with Crippen molar-refractivity contribution >= 4 is 5.78 Å². The Balaban J connectivity index is 1.67. The van der Waals surface area contributed by atoms with E-state index < -0.39 is 0 Å². The zero-order valence-electron chi connectivity index (χ0n) is 13.6. The number of ketones is 1. The monoisotopic (exact) mass is 290 g/mol. The Hall–Kier alpha value is -0.370. The Kier molecular flexibility index (Phi) is 3.10. The maximum absolute atomic E-state index is 11.9. The Bertz CT molecular complexity index is 458. The molecule has 1 N–H and O–H groups in total. The van der Waals surface area contributed by atoms with Crippen LogP contribution < -0.4 is 0 Å². The van der Waals surface area contributed by atoms with Crippen molar-refractivity contribution in [3.8, 4) is 0 Å². The summed E-state index contributed by atoms with van der Waals surface area (Å²) in [5.41, 5.74) is 0.598. The molecule has 0 aromatic carbocycles. The minimum atomic E-state index is -0.387. The summed E-state index contributed by atoms with van der Waals surface area (Å²) in [4.78, 5) is 11.9. The first kappa shape index (κ1) is 14.2. The summed E-state index contributed by atoms with van der Waals surface area (Å²) >= 11 is 0. The van der Waals surface area contributed by atoms with E-state index in [1.807, 2.05) is 0 Å². The molecule has 0 bridgehead atoms. The Morgan fingerprint density at radius 1 is 1.00 bits per heavy atom. The number of carbonyl (C=O) groups excluding carboxylic acids is 1. The van der Waals surface area contributed by atoms with Gasteiger partial charge in [-0.3, -0.25) is 4.79 Å². The van der Waals surface area contributed by atoms with E-state index >= 15 is 0 Å². The average molecular weight is 290 g/mol. The van der Waals surface area contributed by atoms with Crippen LogP contribution in [0.4, 0.5) is 0 Å². The highest BCUT2D eigenvalue weighted by molar-refractivity contribution is 5.80. The third kappa shape index (κ3) is 1.84. The molecule has 4 aliphatic rings. The summed E-state index contributed by atoms with van der Waals surface area (Å²) in [6.07, 6.45) is 10.1. The van der Waals surface area contributed by atoms with E-state index in [-0.39, 0.29) is 11.5 Å². The number of hydrogen-bond acceptors (Lipinski definition) is 2. The molecule has 4 aliphatic carbocycles. The van der Waals surface area contributed by atoms with Crippen LogP contribution in [0.3, 0.4) is 0 Å². The van der Waals surface area contributed by atoms with Crippen molar-refractivity contribution in [3.05, 3.63) is 0 Å². The van der Waals surface area contributed by atoms with Gasteiger partial charge in [0.1, 0.15) is 5.78 Å². The molecule has 0 saturated heterocycles. The standard InChI is InChI=1S/C19H30O2/c1-18-8-3-4-15(18)14-6-5-12-10-13(20)11-17(21)19(12,2)16(14)7-9-18/h12,14-17,21H,3-11H2,1-2H3/t12?,14-,15-,16-,17?,18-,19-/m0/s1. The lowest BCUT2D eigenvalue weighted by atomic mass is 9.44. The van der Waals surface area contributed by atoms with E-state index in [4.69, 9.17) is 0 Å². The van der Waals surface area contributed by atoms with Crippen LogP contribution in [-0.4, -0.2) is 17.0 Å². The molecule has 0 aromatic heterocycles. The predicted octanol–water partition coefficient (Wildman–Crippen LogP) is 3.96. The molecule has 0 spiro atoms. The smallest absolute Gasteiger partial charge is 0.135 e. The summed E-state index contributed by atoms with van der Waals surface area (Å²) in [5, 5.41) is 10.8. The van der Waals surface area contributed by atoms with E-state index in [0.29, 0.717) is 29.5 Å². The molecule has 0 aliphatic heterocycles. The molecular weight excluding hydrogens is 260 g/mol. The highest BCUT2D eigenvalue weighted by Gasteiger charge is 2.60. The third-order valence-electron chi connectivity index (χ3n) is 8.36. The molecule has 4 saturated carbocycles. The topological polar surface area (TPSA) is 37.3 Å². The van der Waals surface area contributed by atoms with Crippen LogP contribution in [-0.2, 0) is 4.79 Å². The summed E-state index contributed by atoms with van der Waals surface area (Å²) < 4.78 is 0. The minimum absolute atomic E-state index is 0.0146. The van der Waals surface area contributed by atoms with Crippen LogP contribution in [0.1, 0.15) is 71.6 Å². The molecule has 2 heteroatoms. The molecule has 0 amide bonds. The van der Waals surface area contributed by atoms with E-state index in [1.54, 1.807) is 0 Å². The fourth-order valence-corrected chi connectivity index (χ4v) is 7.10. The fraction of sp³-hybridized carbons (Fsp3) is 0.947. The average Bonchev–Trinajstić information content (AvgIpc) is 2.82. The molecule has 2 nitrogen and oxygen atoms in total. The highest BCUT2D eigenvalue weighted by atomic mass is 16.3. The number of fused-ring (bicyclic) bond motifs is 5. The Labute approximate surface area is 128 Å². The molecule has 118 valence electrons.